The number of nitrogens with zero attached hydrogens (tertiary/aromatic N) is 1. The molecule has 1 unspecified atom stereocenters. The lowest BCUT2D eigenvalue weighted by Crippen LogP contribution is -2.29. The van der Waals surface area contributed by atoms with Gasteiger partial charge in [-0.2, -0.15) is 14.0 Å². The van der Waals surface area contributed by atoms with E-state index in [9.17, 15) is 8.78 Å². The van der Waals surface area contributed by atoms with Gasteiger partial charge in [-0.25, -0.2) is 0 Å². The van der Waals surface area contributed by atoms with Crippen molar-refractivity contribution in [1.29, 1.82) is 5.26 Å². The van der Waals surface area contributed by atoms with Gasteiger partial charge in [-0.15, -0.1) is 11.3 Å². The van der Waals surface area contributed by atoms with Gasteiger partial charge in [-0.1, -0.05) is 11.6 Å². The van der Waals surface area contributed by atoms with Crippen LogP contribution in [-0.4, -0.2) is 11.2 Å². The Bertz CT molecular complexity index is 347. The first kappa shape index (κ1) is 10.4. The van der Waals surface area contributed by atoms with E-state index >= 15 is 0 Å². The highest BCUT2D eigenvalue weighted by atomic mass is 35.5. The average molecular weight is 224 g/mol. The number of nitriles is 1. The Balaban J connectivity index is 3.08. The van der Waals surface area contributed by atoms with E-state index in [1.807, 2.05) is 0 Å². The Labute approximate surface area is 82.0 Å². The second-order valence-corrected chi connectivity index (χ2v) is 3.78. The Morgan fingerprint density at radius 3 is 2.69 bits per heavy atom. The van der Waals surface area contributed by atoms with Crippen LogP contribution < -0.4 is 0 Å². The molecule has 70 valence electrons. The van der Waals surface area contributed by atoms with Crippen LogP contribution in [0.1, 0.15) is 5.56 Å². The quantitative estimate of drug-likeness (QED) is 0.783. The summed E-state index contributed by atoms with van der Waals surface area (Å²) in [6.45, 7) is 0. The zero-order valence-electron chi connectivity index (χ0n) is 6.17. The molecule has 1 aromatic heterocycles. The van der Waals surface area contributed by atoms with Gasteiger partial charge in [0, 0.05) is 0 Å². The van der Waals surface area contributed by atoms with Crippen molar-refractivity contribution in [3.63, 3.8) is 0 Å². The van der Waals surface area contributed by atoms with Crippen LogP contribution in [0.4, 0.5) is 8.78 Å². The minimum absolute atomic E-state index is 0.112. The maximum absolute atomic E-state index is 13.1. The number of halogens is 3. The lowest BCUT2D eigenvalue weighted by molar-refractivity contribution is -0.0888. The molecule has 0 aliphatic rings. The molecule has 1 N–H and O–H groups in total. The molecular weight excluding hydrogens is 220 g/mol. The fraction of sp³-hybridized carbons (Fsp3) is 0.286. The van der Waals surface area contributed by atoms with Crippen LogP contribution >= 0.6 is 22.9 Å². The van der Waals surface area contributed by atoms with Crippen LogP contribution in [0.15, 0.2) is 11.4 Å². The summed E-state index contributed by atoms with van der Waals surface area (Å²) in [7, 11) is 0. The molecule has 2 nitrogen and oxygen atoms in total. The van der Waals surface area contributed by atoms with Crippen LogP contribution in [0, 0.1) is 11.3 Å². The van der Waals surface area contributed by atoms with Crippen molar-refractivity contribution < 1.29 is 13.9 Å². The number of aliphatic hydroxyl groups is 1. The first-order valence-corrected chi connectivity index (χ1v) is 4.45. The van der Waals surface area contributed by atoms with E-state index in [0.29, 0.717) is 0 Å². The van der Waals surface area contributed by atoms with Crippen molar-refractivity contribution in [2.24, 2.45) is 0 Å². The third kappa shape index (κ3) is 1.80. The van der Waals surface area contributed by atoms with Crippen molar-refractivity contribution >= 4 is 22.9 Å². The third-order valence-electron chi connectivity index (χ3n) is 1.44. The third-order valence-corrected chi connectivity index (χ3v) is 2.61. The number of hydrogen-bond donors (Lipinski definition) is 1. The number of thiophene rings is 1. The maximum atomic E-state index is 13.1. The normalized spacial score (nSPS) is 13.8. The molecule has 1 atom stereocenters. The summed E-state index contributed by atoms with van der Waals surface area (Å²) < 4.78 is 26.1. The summed E-state index contributed by atoms with van der Waals surface area (Å²) in [5.41, 5.74) is -0.506. The molecule has 0 bridgehead atoms. The molecule has 0 aliphatic heterocycles. The Morgan fingerprint density at radius 1 is 1.69 bits per heavy atom. The molecule has 1 aromatic rings. The Kier molecular flexibility index (Phi) is 2.86. The molecule has 0 amide bonds. The van der Waals surface area contributed by atoms with E-state index in [0.717, 1.165) is 23.5 Å². The highest BCUT2D eigenvalue weighted by Crippen LogP contribution is 2.38. The first-order chi connectivity index (χ1) is 6.00. The largest absolute Gasteiger partial charge is 0.373 e. The van der Waals surface area contributed by atoms with Crippen LogP contribution in [-0.2, 0) is 5.92 Å². The zero-order valence-corrected chi connectivity index (χ0v) is 7.74. The lowest BCUT2D eigenvalue weighted by atomic mass is 10.1. The molecular formula is C7H4ClF2NOS. The molecule has 0 aliphatic carbocycles. The SMILES string of the molecule is N#CC(O)C(F)(F)c1ccsc1Cl. The molecule has 0 aromatic carbocycles. The van der Waals surface area contributed by atoms with Gasteiger partial charge >= 0.3 is 5.92 Å². The number of rotatable bonds is 2. The summed E-state index contributed by atoms with van der Waals surface area (Å²) in [5.74, 6) is -3.61. The summed E-state index contributed by atoms with van der Waals surface area (Å²) in [5, 5.41) is 18.2. The monoisotopic (exact) mass is 223 g/mol. The van der Waals surface area contributed by atoms with Crippen molar-refractivity contribution in [2.45, 2.75) is 12.0 Å². The predicted molar refractivity (Wildman–Crippen MR) is 44.8 cm³/mol. The number of aliphatic hydroxyl groups excluding tert-OH is 1. The Morgan fingerprint density at radius 2 is 2.31 bits per heavy atom. The van der Waals surface area contributed by atoms with Crippen molar-refractivity contribution in [1.82, 2.24) is 0 Å². The van der Waals surface area contributed by atoms with E-state index < -0.39 is 17.6 Å². The van der Waals surface area contributed by atoms with Gasteiger partial charge in [0.15, 0.2) is 0 Å². The molecule has 0 radical (unpaired) electrons. The molecule has 0 saturated heterocycles. The van der Waals surface area contributed by atoms with Gasteiger partial charge in [0.05, 0.1) is 5.56 Å². The van der Waals surface area contributed by atoms with Crippen molar-refractivity contribution in [3.8, 4) is 6.07 Å². The van der Waals surface area contributed by atoms with Crippen molar-refractivity contribution in [3.05, 3.63) is 21.3 Å². The van der Waals surface area contributed by atoms with Gasteiger partial charge in [0.25, 0.3) is 0 Å². The van der Waals surface area contributed by atoms with Gasteiger partial charge in [-0.3, -0.25) is 0 Å². The van der Waals surface area contributed by atoms with E-state index in [4.69, 9.17) is 22.0 Å². The maximum Gasteiger partial charge on any atom is 0.314 e. The van der Waals surface area contributed by atoms with Crippen LogP contribution in [0.25, 0.3) is 0 Å². The van der Waals surface area contributed by atoms with E-state index in [1.165, 1.54) is 5.38 Å². The van der Waals surface area contributed by atoms with E-state index in [1.54, 1.807) is 0 Å². The molecule has 1 heterocycles. The van der Waals surface area contributed by atoms with Crippen LogP contribution in [0.3, 0.4) is 0 Å². The van der Waals surface area contributed by atoms with Gasteiger partial charge in [-0.05, 0) is 11.4 Å². The molecule has 6 heteroatoms. The topological polar surface area (TPSA) is 44.0 Å². The first-order valence-electron chi connectivity index (χ1n) is 3.19. The minimum atomic E-state index is -3.61. The van der Waals surface area contributed by atoms with E-state index in [-0.39, 0.29) is 4.34 Å². The van der Waals surface area contributed by atoms with Crippen LogP contribution in [0.5, 0.6) is 0 Å². The Hall–Kier alpha value is -0.700. The summed E-state index contributed by atoms with van der Waals surface area (Å²) >= 11 is 6.37. The predicted octanol–water partition coefficient (Wildman–Crippen LogP) is 2.38. The fourth-order valence-electron chi connectivity index (χ4n) is 0.761. The summed E-state index contributed by atoms with van der Waals surface area (Å²) in [6.07, 6.45) is -2.36. The molecule has 1 rings (SSSR count). The summed E-state index contributed by atoms with van der Waals surface area (Å²) in [4.78, 5) is 0. The molecule has 0 fully saturated rings. The molecule has 0 saturated carbocycles. The highest BCUT2D eigenvalue weighted by molar-refractivity contribution is 7.14. The van der Waals surface area contributed by atoms with Gasteiger partial charge < -0.3 is 5.11 Å². The fourth-order valence-corrected chi connectivity index (χ4v) is 1.76. The second-order valence-electron chi connectivity index (χ2n) is 2.26. The standard InChI is InChI=1S/C7H4ClF2NOS/c8-6-4(1-2-13-6)7(9,10)5(12)3-11/h1-2,5,12H. The van der Waals surface area contributed by atoms with Gasteiger partial charge in [0.2, 0.25) is 6.10 Å². The molecule has 13 heavy (non-hydrogen) atoms. The highest BCUT2D eigenvalue weighted by Gasteiger charge is 2.42. The second kappa shape index (κ2) is 3.58. The number of hydrogen-bond acceptors (Lipinski definition) is 3. The smallest absolute Gasteiger partial charge is 0.314 e. The van der Waals surface area contributed by atoms with Crippen LogP contribution in [0.2, 0.25) is 4.34 Å². The lowest BCUT2D eigenvalue weighted by Gasteiger charge is -2.16. The average Bonchev–Trinajstić information content (AvgIpc) is 2.50. The zero-order chi connectivity index (χ0) is 10.1. The number of alkyl halides is 2. The molecule has 0 spiro atoms. The summed E-state index contributed by atoms with van der Waals surface area (Å²) in [6, 6.07) is 2.16. The van der Waals surface area contributed by atoms with E-state index in [2.05, 4.69) is 0 Å². The minimum Gasteiger partial charge on any atom is -0.373 e. The van der Waals surface area contributed by atoms with Crippen molar-refractivity contribution in [2.75, 3.05) is 0 Å². The van der Waals surface area contributed by atoms with Gasteiger partial charge in [0.1, 0.15) is 10.4 Å².